The smallest absolute Gasteiger partial charge is 0.257 e. The van der Waals surface area contributed by atoms with Gasteiger partial charge in [0.25, 0.3) is 5.91 Å². The van der Waals surface area contributed by atoms with Crippen LogP contribution in [0.4, 0.5) is 0 Å². The van der Waals surface area contributed by atoms with Crippen LogP contribution in [0.2, 0.25) is 0 Å². The average Bonchev–Trinajstić information content (AvgIpc) is 2.46. The summed E-state index contributed by atoms with van der Waals surface area (Å²) in [5, 5.41) is 6.03. The molecule has 1 aromatic carbocycles. The molecule has 0 aliphatic carbocycles. The molecule has 2 N–H and O–H groups in total. The molecule has 0 bridgehead atoms. The topological polar surface area (TPSA) is 59.6 Å². The van der Waals surface area contributed by atoms with Gasteiger partial charge in [0.1, 0.15) is 11.5 Å². The molecule has 112 valence electrons. The van der Waals surface area contributed by atoms with Crippen LogP contribution in [0.5, 0.6) is 11.5 Å². The molecule has 0 heterocycles. The van der Waals surface area contributed by atoms with Crippen LogP contribution in [-0.4, -0.2) is 32.7 Å². The molecule has 1 amide bonds. The molecule has 0 unspecified atom stereocenters. The minimum absolute atomic E-state index is 0.0157. The van der Waals surface area contributed by atoms with Gasteiger partial charge in [0, 0.05) is 24.7 Å². The van der Waals surface area contributed by atoms with Gasteiger partial charge in [-0.25, -0.2) is 0 Å². The second-order valence-corrected chi connectivity index (χ2v) is 4.39. The Morgan fingerprint density at radius 3 is 2.75 bits per heavy atom. The van der Waals surface area contributed by atoms with Crippen molar-refractivity contribution in [2.24, 2.45) is 0 Å². The fourth-order valence-electron chi connectivity index (χ4n) is 1.73. The Bertz CT molecular complexity index is 422. The van der Waals surface area contributed by atoms with Gasteiger partial charge >= 0.3 is 0 Å². The van der Waals surface area contributed by atoms with E-state index in [1.165, 1.54) is 0 Å². The Labute approximate surface area is 120 Å². The lowest BCUT2D eigenvalue weighted by molar-refractivity contribution is -0.123. The Morgan fingerprint density at radius 2 is 2.10 bits per heavy atom. The van der Waals surface area contributed by atoms with Crippen molar-refractivity contribution in [3.05, 3.63) is 23.8 Å². The molecule has 0 saturated carbocycles. The summed E-state index contributed by atoms with van der Waals surface area (Å²) in [6.07, 6.45) is 1.07. The first-order chi connectivity index (χ1) is 9.71. The number of carbonyl (C=O) groups is 1. The van der Waals surface area contributed by atoms with Gasteiger partial charge in [-0.15, -0.1) is 0 Å². The van der Waals surface area contributed by atoms with Gasteiger partial charge in [-0.3, -0.25) is 4.79 Å². The zero-order valence-electron chi connectivity index (χ0n) is 12.5. The molecular weight excluding hydrogens is 256 g/mol. The zero-order chi connectivity index (χ0) is 14.8. The molecule has 0 spiro atoms. The van der Waals surface area contributed by atoms with Crippen molar-refractivity contribution in [3.63, 3.8) is 0 Å². The van der Waals surface area contributed by atoms with Crippen LogP contribution in [-0.2, 0) is 11.3 Å². The molecule has 20 heavy (non-hydrogen) atoms. The summed E-state index contributed by atoms with van der Waals surface area (Å²) >= 11 is 0. The number of ether oxygens (including phenoxy) is 2. The highest BCUT2D eigenvalue weighted by molar-refractivity contribution is 5.77. The van der Waals surface area contributed by atoms with E-state index in [1.54, 1.807) is 7.11 Å². The molecule has 5 nitrogen and oxygen atoms in total. The molecular formula is C15H24N2O3. The van der Waals surface area contributed by atoms with E-state index >= 15 is 0 Å². The number of hydrogen-bond acceptors (Lipinski definition) is 4. The number of rotatable bonds is 9. The Hall–Kier alpha value is -1.75. The molecule has 0 aliphatic heterocycles. The highest BCUT2D eigenvalue weighted by Crippen LogP contribution is 2.24. The molecule has 5 heteroatoms. The summed E-state index contributed by atoms with van der Waals surface area (Å²) in [5.74, 6) is 1.28. The van der Waals surface area contributed by atoms with Gasteiger partial charge in [0.15, 0.2) is 6.61 Å². The number of benzene rings is 1. The first-order valence-electron chi connectivity index (χ1n) is 6.98. The minimum Gasteiger partial charge on any atom is -0.497 e. The van der Waals surface area contributed by atoms with Crippen LogP contribution in [0.25, 0.3) is 0 Å². The van der Waals surface area contributed by atoms with Crippen LogP contribution in [0.3, 0.4) is 0 Å². The maximum atomic E-state index is 11.5. The molecule has 0 atom stereocenters. The number of carbonyl (C=O) groups excluding carboxylic acids is 1. The third-order valence-electron chi connectivity index (χ3n) is 2.75. The molecule has 0 saturated heterocycles. The summed E-state index contributed by atoms with van der Waals surface area (Å²) < 4.78 is 10.8. The first kappa shape index (κ1) is 16.3. The summed E-state index contributed by atoms with van der Waals surface area (Å²) in [7, 11) is 1.61. The van der Waals surface area contributed by atoms with Gasteiger partial charge in [-0.05, 0) is 26.0 Å². The van der Waals surface area contributed by atoms with Gasteiger partial charge in [-0.1, -0.05) is 13.0 Å². The second-order valence-electron chi connectivity index (χ2n) is 4.39. The molecule has 1 rings (SSSR count). The average molecular weight is 280 g/mol. The standard InChI is InChI=1S/C15H24N2O3/c1-4-8-16-10-12-6-7-13(19-3)9-14(12)20-11-15(18)17-5-2/h6-7,9,16H,4-5,8,10-11H2,1-3H3,(H,17,18). The summed E-state index contributed by atoms with van der Waals surface area (Å²) in [6, 6.07) is 5.65. The zero-order valence-corrected chi connectivity index (χ0v) is 12.5. The fraction of sp³-hybridized carbons (Fsp3) is 0.533. The highest BCUT2D eigenvalue weighted by Gasteiger charge is 2.08. The van der Waals surface area contributed by atoms with Crippen molar-refractivity contribution in [3.8, 4) is 11.5 Å². The van der Waals surface area contributed by atoms with E-state index in [0.717, 1.165) is 24.3 Å². The lowest BCUT2D eigenvalue weighted by Gasteiger charge is -2.13. The third-order valence-corrected chi connectivity index (χ3v) is 2.75. The first-order valence-corrected chi connectivity index (χ1v) is 6.98. The minimum atomic E-state index is -0.122. The van der Waals surface area contributed by atoms with Crippen LogP contribution in [0, 0.1) is 0 Å². The molecule has 1 aromatic rings. The summed E-state index contributed by atoms with van der Waals surface area (Å²) in [5.41, 5.74) is 1.02. The van der Waals surface area contributed by atoms with Crippen molar-refractivity contribution >= 4 is 5.91 Å². The normalized spacial score (nSPS) is 10.2. The predicted octanol–water partition coefficient (Wildman–Crippen LogP) is 1.71. The summed E-state index contributed by atoms with van der Waals surface area (Å²) in [6.45, 7) is 6.27. The Kier molecular flexibility index (Phi) is 7.50. The predicted molar refractivity (Wildman–Crippen MR) is 79.2 cm³/mol. The number of amides is 1. The van der Waals surface area contributed by atoms with Crippen LogP contribution >= 0.6 is 0 Å². The largest absolute Gasteiger partial charge is 0.497 e. The van der Waals surface area contributed by atoms with E-state index in [-0.39, 0.29) is 12.5 Å². The lowest BCUT2D eigenvalue weighted by Crippen LogP contribution is -2.28. The van der Waals surface area contributed by atoms with Gasteiger partial charge < -0.3 is 20.1 Å². The van der Waals surface area contributed by atoms with Crippen molar-refractivity contribution < 1.29 is 14.3 Å². The van der Waals surface area contributed by atoms with Crippen LogP contribution in [0.15, 0.2) is 18.2 Å². The van der Waals surface area contributed by atoms with E-state index < -0.39 is 0 Å². The van der Waals surface area contributed by atoms with Crippen LogP contribution < -0.4 is 20.1 Å². The lowest BCUT2D eigenvalue weighted by atomic mass is 10.2. The maximum Gasteiger partial charge on any atom is 0.257 e. The molecule has 0 aromatic heterocycles. The molecule has 0 aliphatic rings. The van der Waals surface area contributed by atoms with E-state index in [2.05, 4.69) is 17.6 Å². The van der Waals surface area contributed by atoms with E-state index in [9.17, 15) is 4.79 Å². The fourth-order valence-corrected chi connectivity index (χ4v) is 1.73. The van der Waals surface area contributed by atoms with Gasteiger partial charge in [-0.2, -0.15) is 0 Å². The monoisotopic (exact) mass is 280 g/mol. The van der Waals surface area contributed by atoms with Crippen molar-refractivity contribution in [1.82, 2.24) is 10.6 Å². The number of methoxy groups -OCH3 is 1. The number of likely N-dealkylation sites (N-methyl/N-ethyl adjacent to an activating group) is 1. The summed E-state index contributed by atoms with van der Waals surface area (Å²) in [4.78, 5) is 11.5. The number of hydrogen-bond donors (Lipinski definition) is 2. The van der Waals surface area contributed by atoms with Gasteiger partial charge in [0.05, 0.1) is 7.11 Å². The molecule has 0 fully saturated rings. The van der Waals surface area contributed by atoms with E-state index in [4.69, 9.17) is 9.47 Å². The Balaban J connectivity index is 2.70. The number of nitrogens with one attached hydrogen (secondary N) is 2. The highest BCUT2D eigenvalue weighted by atomic mass is 16.5. The van der Waals surface area contributed by atoms with Crippen LogP contribution in [0.1, 0.15) is 25.8 Å². The molecule has 0 radical (unpaired) electrons. The van der Waals surface area contributed by atoms with Gasteiger partial charge in [0.2, 0.25) is 0 Å². The van der Waals surface area contributed by atoms with E-state index in [0.29, 0.717) is 18.8 Å². The van der Waals surface area contributed by atoms with E-state index in [1.807, 2.05) is 25.1 Å². The van der Waals surface area contributed by atoms with Crippen molar-refractivity contribution in [1.29, 1.82) is 0 Å². The Morgan fingerprint density at radius 1 is 1.30 bits per heavy atom. The quantitative estimate of drug-likeness (QED) is 0.676. The third kappa shape index (κ3) is 5.48. The van der Waals surface area contributed by atoms with Crippen molar-refractivity contribution in [2.75, 3.05) is 26.8 Å². The SMILES string of the molecule is CCCNCc1ccc(OC)cc1OCC(=O)NCC. The van der Waals surface area contributed by atoms with Crippen molar-refractivity contribution in [2.45, 2.75) is 26.8 Å². The maximum absolute atomic E-state index is 11.5. The second kappa shape index (κ2) is 9.20.